The molecule has 1 aromatic carbocycles. The van der Waals surface area contributed by atoms with Crippen molar-refractivity contribution in [1.29, 1.82) is 0 Å². The zero-order valence-corrected chi connectivity index (χ0v) is 17.2. The van der Waals surface area contributed by atoms with Crippen molar-refractivity contribution in [2.24, 2.45) is 5.92 Å². The van der Waals surface area contributed by atoms with Gasteiger partial charge in [-0.05, 0) is 63.3 Å². The van der Waals surface area contributed by atoms with Crippen LogP contribution in [-0.4, -0.2) is 17.6 Å². The molecule has 5 nitrogen and oxygen atoms in total. The molecule has 2 heterocycles. The summed E-state index contributed by atoms with van der Waals surface area (Å²) in [5, 5.41) is 11.0. The van der Waals surface area contributed by atoms with Crippen LogP contribution in [0.25, 0.3) is 11.1 Å². The van der Waals surface area contributed by atoms with Crippen LogP contribution in [0.15, 0.2) is 22.7 Å². The highest BCUT2D eigenvalue weighted by Gasteiger charge is 2.52. The zero-order valence-electron chi connectivity index (χ0n) is 17.2. The molecule has 5 heteroatoms. The molecular formula is C23H31N3O2. The van der Waals surface area contributed by atoms with Crippen LogP contribution < -0.4 is 10.6 Å². The normalized spacial score (nSPS) is 22.3. The fourth-order valence-electron chi connectivity index (χ4n) is 5.10. The SMILES string of the molecule is CCCCNC1(C2CCCCC2)C(=O)Nc2ccc(-c3c(C)noc3C)cc21. The number of amides is 1. The molecule has 0 bridgehead atoms. The van der Waals surface area contributed by atoms with Crippen LogP contribution in [0.4, 0.5) is 5.69 Å². The highest BCUT2D eigenvalue weighted by Crippen LogP contribution is 2.48. The van der Waals surface area contributed by atoms with E-state index in [9.17, 15) is 4.79 Å². The summed E-state index contributed by atoms with van der Waals surface area (Å²) in [5.74, 6) is 1.26. The molecule has 2 aliphatic rings. The second kappa shape index (κ2) is 7.70. The number of anilines is 1. The van der Waals surface area contributed by atoms with Gasteiger partial charge < -0.3 is 9.84 Å². The molecule has 1 atom stereocenters. The summed E-state index contributed by atoms with van der Waals surface area (Å²) < 4.78 is 5.39. The van der Waals surface area contributed by atoms with Crippen LogP contribution in [0.3, 0.4) is 0 Å². The molecule has 0 saturated heterocycles. The Morgan fingerprint density at radius 3 is 2.71 bits per heavy atom. The van der Waals surface area contributed by atoms with Gasteiger partial charge in [0.2, 0.25) is 5.91 Å². The lowest BCUT2D eigenvalue weighted by Gasteiger charge is -2.39. The average Bonchev–Trinajstić information content (AvgIpc) is 3.19. The summed E-state index contributed by atoms with van der Waals surface area (Å²) in [4.78, 5) is 13.4. The molecule has 150 valence electrons. The van der Waals surface area contributed by atoms with Crippen LogP contribution in [0, 0.1) is 19.8 Å². The topological polar surface area (TPSA) is 67.2 Å². The molecule has 1 aromatic heterocycles. The molecular weight excluding hydrogens is 350 g/mol. The Kier molecular flexibility index (Phi) is 5.28. The second-order valence-corrected chi connectivity index (χ2v) is 8.34. The molecule has 2 aromatic rings. The van der Waals surface area contributed by atoms with Crippen LogP contribution in [0.5, 0.6) is 0 Å². The van der Waals surface area contributed by atoms with Crippen molar-refractivity contribution in [3.05, 3.63) is 35.2 Å². The van der Waals surface area contributed by atoms with Gasteiger partial charge in [-0.25, -0.2) is 0 Å². The third-order valence-electron chi connectivity index (χ3n) is 6.52. The lowest BCUT2D eigenvalue weighted by atomic mass is 9.71. The van der Waals surface area contributed by atoms with E-state index in [0.717, 1.165) is 66.1 Å². The van der Waals surface area contributed by atoms with Gasteiger partial charge in [0.1, 0.15) is 11.3 Å². The lowest BCUT2D eigenvalue weighted by molar-refractivity contribution is -0.124. The quantitative estimate of drug-likeness (QED) is 0.685. The molecule has 1 saturated carbocycles. The first-order valence-corrected chi connectivity index (χ1v) is 10.7. The standard InChI is InChI=1S/C23H31N3O2/c1-4-5-13-24-23(18-9-7-6-8-10-18)19-14-17(11-12-20(19)25-22(23)27)21-15(2)26-28-16(21)3/h11-12,14,18,24H,4-10,13H2,1-3H3,(H,25,27). The minimum Gasteiger partial charge on any atom is -0.361 e. The maximum atomic E-state index is 13.4. The Hall–Kier alpha value is -2.14. The number of aromatic nitrogens is 1. The molecule has 4 rings (SSSR count). The number of nitrogens with zero attached hydrogens (tertiary/aromatic N) is 1. The van der Waals surface area contributed by atoms with Crippen molar-refractivity contribution in [1.82, 2.24) is 10.5 Å². The van der Waals surface area contributed by atoms with Gasteiger partial charge in [0, 0.05) is 16.8 Å². The summed E-state index contributed by atoms with van der Waals surface area (Å²) in [6.45, 7) is 6.96. The van der Waals surface area contributed by atoms with Crippen molar-refractivity contribution in [2.75, 3.05) is 11.9 Å². The molecule has 1 aliphatic carbocycles. The number of aryl methyl sites for hydroxylation is 2. The fourth-order valence-corrected chi connectivity index (χ4v) is 5.10. The third-order valence-corrected chi connectivity index (χ3v) is 6.52. The number of benzene rings is 1. The molecule has 1 amide bonds. The molecule has 1 fully saturated rings. The smallest absolute Gasteiger partial charge is 0.249 e. The highest BCUT2D eigenvalue weighted by molar-refractivity contribution is 6.06. The van der Waals surface area contributed by atoms with Gasteiger partial charge in [0.15, 0.2) is 0 Å². The highest BCUT2D eigenvalue weighted by atomic mass is 16.5. The van der Waals surface area contributed by atoms with Gasteiger partial charge in [-0.1, -0.05) is 43.8 Å². The van der Waals surface area contributed by atoms with Crippen LogP contribution in [0.2, 0.25) is 0 Å². The van der Waals surface area contributed by atoms with Crippen LogP contribution >= 0.6 is 0 Å². The summed E-state index contributed by atoms with van der Waals surface area (Å²) >= 11 is 0. The predicted octanol–water partition coefficient (Wildman–Crippen LogP) is 5.08. The number of hydrogen-bond donors (Lipinski definition) is 2. The summed E-state index contributed by atoms with van der Waals surface area (Å²) in [6.07, 6.45) is 8.06. The van der Waals surface area contributed by atoms with Crippen LogP contribution in [0.1, 0.15) is 68.9 Å². The van der Waals surface area contributed by atoms with Gasteiger partial charge in [0.05, 0.1) is 5.69 Å². The van der Waals surface area contributed by atoms with Crippen molar-refractivity contribution >= 4 is 11.6 Å². The minimum absolute atomic E-state index is 0.112. The van der Waals surface area contributed by atoms with E-state index in [-0.39, 0.29) is 5.91 Å². The first kappa shape index (κ1) is 19.2. The van der Waals surface area contributed by atoms with E-state index in [4.69, 9.17) is 4.52 Å². The molecule has 2 N–H and O–H groups in total. The van der Waals surface area contributed by atoms with Crippen molar-refractivity contribution in [2.45, 2.75) is 71.3 Å². The summed E-state index contributed by atoms with van der Waals surface area (Å²) in [6, 6.07) is 6.29. The molecule has 0 radical (unpaired) electrons. The molecule has 1 aliphatic heterocycles. The summed E-state index contributed by atoms with van der Waals surface area (Å²) in [5.41, 5.74) is 4.40. The van der Waals surface area contributed by atoms with E-state index in [1.165, 1.54) is 19.3 Å². The van der Waals surface area contributed by atoms with Crippen LogP contribution in [-0.2, 0) is 10.3 Å². The molecule has 1 unspecified atom stereocenters. The van der Waals surface area contributed by atoms with E-state index < -0.39 is 5.54 Å². The Morgan fingerprint density at radius 1 is 1.25 bits per heavy atom. The van der Waals surface area contributed by atoms with Gasteiger partial charge in [0.25, 0.3) is 0 Å². The molecule has 28 heavy (non-hydrogen) atoms. The fraction of sp³-hybridized carbons (Fsp3) is 0.565. The maximum Gasteiger partial charge on any atom is 0.249 e. The number of hydrogen-bond acceptors (Lipinski definition) is 4. The van der Waals surface area contributed by atoms with Gasteiger partial charge in [-0.2, -0.15) is 0 Å². The Morgan fingerprint density at radius 2 is 2.04 bits per heavy atom. The van der Waals surface area contributed by atoms with E-state index in [1.54, 1.807) is 0 Å². The third kappa shape index (κ3) is 3.06. The monoisotopic (exact) mass is 381 g/mol. The van der Waals surface area contributed by atoms with E-state index in [1.807, 2.05) is 19.9 Å². The molecule has 0 spiro atoms. The largest absolute Gasteiger partial charge is 0.361 e. The maximum absolute atomic E-state index is 13.4. The van der Waals surface area contributed by atoms with E-state index in [0.29, 0.717) is 5.92 Å². The lowest BCUT2D eigenvalue weighted by Crippen LogP contribution is -2.54. The van der Waals surface area contributed by atoms with Gasteiger partial charge in [-0.3, -0.25) is 10.1 Å². The first-order chi connectivity index (χ1) is 13.6. The van der Waals surface area contributed by atoms with E-state index >= 15 is 0 Å². The number of carbonyl (C=O) groups excluding carboxylic acids is 1. The van der Waals surface area contributed by atoms with Crippen molar-refractivity contribution in [3.63, 3.8) is 0 Å². The summed E-state index contributed by atoms with van der Waals surface area (Å²) in [7, 11) is 0. The minimum atomic E-state index is -0.625. The Bertz CT molecular complexity index is 847. The number of carbonyl (C=O) groups is 1. The van der Waals surface area contributed by atoms with Gasteiger partial charge >= 0.3 is 0 Å². The Balaban J connectivity index is 1.81. The number of nitrogens with one attached hydrogen (secondary N) is 2. The number of unbranched alkanes of at least 4 members (excludes halogenated alkanes) is 1. The van der Waals surface area contributed by atoms with Crippen molar-refractivity contribution < 1.29 is 9.32 Å². The van der Waals surface area contributed by atoms with E-state index in [2.05, 4.69) is 34.8 Å². The Labute approximate surface area is 167 Å². The second-order valence-electron chi connectivity index (χ2n) is 8.34. The number of rotatable bonds is 6. The van der Waals surface area contributed by atoms with Gasteiger partial charge in [-0.15, -0.1) is 0 Å². The van der Waals surface area contributed by atoms with Crippen molar-refractivity contribution in [3.8, 4) is 11.1 Å². The predicted molar refractivity (Wildman–Crippen MR) is 111 cm³/mol. The first-order valence-electron chi connectivity index (χ1n) is 10.7. The number of fused-ring (bicyclic) bond motifs is 1. The average molecular weight is 382 g/mol. The zero-order chi connectivity index (χ0) is 19.7.